The SMILES string of the molecule is O=C(NC1CCOC1=O)c1cccc2c1N=C(c1cccc(C(F)(F)F)c1)C2. The Labute approximate surface area is 158 Å². The lowest BCUT2D eigenvalue weighted by Gasteiger charge is -2.10. The van der Waals surface area contributed by atoms with Gasteiger partial charge in [-0.25, -0.2) is 4.79 Å². The van der Waals surface area contributed by atoms with Crippen molar-refractivity contribution in [2.45, 2.75) is 25.1 Å². The number of aliphatic imine (C=N–C) groups is 1. The maximum absolute atomic E-state index is 13.0. The molecule has 28 heavy (non-hydrogen) atoms. The van der Waals surface area contributed by atoms with E-state index in [1.54, 1.807) is 24.3 Å². The number of benzene rings is 2. The Hall–Kier alpha value is -3.16. The molecule has 0 spiro atoms. The van der Waals surface area contributed by atoms with Crippen LogP contribution < -0.4 is 5.32 Å². The van der Waals surface area contributed by atoms with Crippen molar-refractivity contribution < 1.29 is 27.5 Å². The standard InChI is InChI=1S/C20H15F3N2O3/c21-20(22,23)13-5-1-3-11(9-13)16-10-12-4-2-6-14(17(12)24-16)18(26)25-15-7-8-28-19(15)27/h1-6,9,15H,7-8,10H2,(H,25,26). The number of cyclic esters (lactones) is 1. The minimum atomic E-state index is -4.44. The van der Waals surface area contributed by atoms with Gasteiger partial charge in [0, 0.05) is 12.8 Å². The van der Waals surface area contributed by atoms with E-state index in [1.165, 1.54) is 6.07 Å². The summed E-state index contributed by atoms with van der Waals surface area (Å²) in [5.41, 5.74) is 1.51. The second-order valence-electron chi connectivity index (χ2n) is 6.61. The van der Waals surface area contributed by atoms with Crippen LogP contribution in [-0.2, 0) is 22.1 Å². The average molecular weight is 388 g/mol. The van der Waals surface area contributed by atoms with Gasteiger partial charge in [-0.1, -0.05) is 24.3 Å². The molecular weight excluding hydrogens is 373 g/mol. The van der Waals surface area contributed by atoms with Crippen LogP contribution in [0, 0.1) is 0 Å². The van der Waals surface area contributed by atoms with Crippen LogP contribution in [0.15, 0.2) is 47.5 Å². The highest BCUT2D eigenvalue weighted by atomic mass is 19.4. The van der Waals surface area contributed by atoms with Gasteiger partial charge in [-0.05, 0) is 29.3 Å². The Morgan fingerprint density at radius 2 is 1.96 bits per heavy atom. The number of amides is 1. The average Bonchev–Trinajstić information content (AvgIpc) is 3.27. The summed E-state index contributed by atoms with van der Waals surface area (Å²) in [6, 6.07) is 9.30. The van der Waals surface area contributed by atoms with E-state index in [-0.39, 0.29) is 12.2 Å². The molecule has 0 aliphatic carbocycles. The molecule has 1 fully saturated rings. The van der Waals surface area contributed by atoms with E-state index in [0.717, 1.165) is 17.7 Å². The minimum Gasteiger partial charge on any atom is -0.464 e. The molecule has 1 saturated heterocycles. The number of para-hydroxylation sites is 1. The Bertz CT molecular complexity index is 998. The van der Waals surface area contributed by atoms with E-state index in [4.69, 9.17) is 4.74 Å². The van der Waals surface area contributed by atoms with Crippen LogP contribution in [0.3, 0.4) is 0 Å². The van der Waals surface area contributed by atoms with Crippen molar-refractivity contribution in [1.82, 2.24) is 5.32 Å². The molecular formula is C20H15F3N2O3. The first-order valence-electron chi connectivity index (χ1n) is 8.67. The highest BCUT2D eigenvalue weighted by Gasteiger charge is 2.32. The molecule has 1 atom stereocenters. The van der Waals surface area contributed by atoms with Crippen molar-refractivity contribution in [3.05, 3.63) is 64.7 Å². The summed E-state index contributed by atoms with van der Waals surface area (Å²) < 4.78 is 43.8. The van der Waals surface area contributed by atoms with Crippen molar-refractivity contribution in [2.24, 2.45) is 4.99 Å². The summed E-state index contributed by atoms with van der Waals surface area (Å²) in [5, 5.41) is 2.63. The van der Waals surface area contributed by atoms with Crippen LogP contribution in [-0.4, -0.2) is 30.2 Å². The molecule has 5 nitrogen and oxygen atoms in total. The number of hydrogen-bond donors (Lipinski definition) is 1. The molecule has 8 heteroatoms. The van der Waals surface area contributed by atoms with Crippen LogP contribution in [0.1, 0.15) is 33.5 Å². The lowest BCUT2D eigenvalue weighted by molar-refractivity contribution is -0.139. The highest BCUT2D eigenvalue weighted by molar-refractivity contribution is 6.10. The number of rotatable bonds is 3. The first-order chi connectivity index (χ1) is 13.3. The molecule has 0 saturated carbocycles. The van der Waals surface area contributed by atoms with E-state index < -0.39 is 29.7 Å². The third-order valence-electron chi connectivity index (χ3n) is 4.73. The molecule has 2 aliphatic heterocycles. The largest absolute Gasteiger partial charge is 0.464 e. The van der Waals surface area contributed by atoms with Gasteiger partial charge in [0.1, 0.15) is 6.04 Å². The maximum atomic E-state index is 13.0. The Morgan fingerprint density at radius 1 is 1.18 bits per heavy atom. The van der Waals surface area contributed by atoms with Gasteiger partial charge >= 0.3 is 12.1 Å². The first kappa shape index (κ1) is 18.2. The molecule has 1 N–H and O–H groups in total. The number of nitrogens with zero attached hydrogens (tertiary/aromatic N) is 1. The molecule has 0 bridgehead atoms. The normalized spacial score (nSPS) is 18.5. The third-order valence-corrected chi connectivity index (χ3v) is 4.73. The fraction of sp³-hybridized carbons (Fsp3) is 0.250. The third kappa shape index (κ3) is 3.37. The number of esters is 1. The zero-order valence-corrected chi connectivity index (χ0v) is 14.5. The summed E-state index contributed by atoms with van der Waals surface area (Å²) in [5.74, 6) is -0.941. The summed E-state index contributed by atoms with van der Waals surface area (Å²) in [7, 11) is 0. The monoisotopic (exact) mass is 388 g/mol. The maximum Gasteiger partial charge on any atom is 0.416 e. The smallest absolute Gasteiger partial charge is 0.416 e. The number of nitrogens with one attached hydrogen (secondary N) is 1. The van der Waals surface area contributed by atoms with Crippen LogP contribution in [0.4, 0.5) is 18.9 Å². The summed E-state index contributed by atoms with van der Waals surface area (Å²) in [6.45, 7) is 0.258. The number of fused-ring (bicyclic) bond motifs is 1. The zero-order chi connectivity index (χ0) is 19.9. The predicted molar refractivity (Wildman–Crippen MR) is 94.6 cm³/mol. The van der Waals surface area contributed by atoms with Gasteiger partial charge in [0.2, 0.25) is 0 Å². The number of halogens is 3. The number of carbonyl (C=O) groups is 2. The highest BCUT2D eigenvalue weighted by Crippen LogP contribution is 2.34. The van der Waals surface area contributed by atoms with Crippen molar-refractivity contribution in [3.8, 4) is 0 Å². The molecule has 1 unspecified atom stereocenters. The van der Waals surface area contributed by atoms with Crippen LogP contribution in [0.25, 0.3) is 0 Å². The van der Waals surface area contributed by atoms with E-state index in [0.29, 0.717) is 29.8 Å². The number of hydrogen-bond acceptors (Lipinski definition) is 4. The Morgan fingerprint density at radius 3 is 2.68 bits per heavy atom. The van der Waals surface area contributed by atoms with Gasteiger partial charge in [-0.2, -0.15) is 13.2 Å². The molecule has 2 aromatic carbocycles. The van der Waals surface area contributed by atoms with Gasteiger partial charge in [-0.3, -0.25) is 9.79 Å². The van der Waals surface area contributed by atoms with Crippen molar-refractivity contribution in [1.29, 1.82) is 0 Å². The second kappa shape index (κ2) is 6.78. The van der Waals surface area contributed by atoms with Gasteiger partial charge in [-0.15, -0.1) is 0 Å². The van der Waals surface area contributed by atoms with Crippen molar-refractivity contribution in [3.63, 3.8) is 0 Å². The zero-order valence-electron chi connectivity index (χ0n) is 14.5. The first-order valence-corrected chi connectivity index (χ1v) is 8.67. The summed E-state index contributed by atoms with van der Waals surface area (Å²) in [4.78, 5) is 28.6. The quantitative estimate of drug-likeness (QED) is 0.820. The minimum absolute atomic E-state index is 0.258. The molecule has 0 radical (unpaired) electrons. The van der Waals surface area contributed by atoms with Gasteiger partial charge < -0.3 is 10.1 Å². The fourth-order valence-electron chi connectivity index (χ4n) is 3.31. The fourth-order valence-corrected chi connectivity index (χ4v) is 3.31. The number of carbonyl (C=O) groups excluding carboxylic acids is 2. The molecule has 2 aromatic rings. The lowest BCUT2D eigenvalue weighted by atomic mass is 10.0. The van der Waals surface area contributed by atoms with Gasteiger partial charge in [0.15, 0.2) is 0 Å². The molecule has 0 aromatic heterocycles. The van der Waals surface area contributed by atoms with Crippen LogP contribution in [0.5, 0.6) is 0 Å². The molecule has 2 heterocycles. The second-order valence-corrected chi connectivity index (χ2v) is 6.61. The summed E-state index contributed by atoms with van der Waals surface area (Å²) in [6.07, 6.45) is -3.72. The number of ether oxygens (including phenoxy) is 1. The topological polar surface area (TPSA) is 67.8 Å². The van der Waals surface area contributed by atoms with Gasteiger partial charge in [0.25, 0.3) is 5.91 Å². The number of alkyl halides is 3. The van der Waals surface area contributed by atoms with E-state index >= 15 is 0 Å². The van der Waals surface area contributed by atoms with E-state index in [2.05, 4.69) is 10.3 Å². The van der Waals surface area contributed by atoms with E-state index in [9.17, 15) is 22.8 Å². The van der Waals surface area contributed by atoms with Crippen LogP contribution in [0.2, 0.25) is 0 Å². The summed E-state index contributed by atoms with van der Waals surface area (Å²) >= 11 is 0. The van der Waals surface area contributed by atoms with Crippen molar-refractivity contribution in [2.75, 3.05) is 6.61 Å². The predicted octanol–water partition coefficient (Wildman–Crippen LogP) is 3.43. The van der Waals surface area contributed by atoms with Crippen LogP contribution >= 0.6 is 0 Å². The molecule has 4 rings (SSSR count). The molecule has 1 amide bonds. The molecule has 2 aliphatic rings. The lowest BCUT2D eigenvalue weighted by Crippen LogP contribution is -2.37. The van der Waals surface area contributed by atoms with Crippen molar-refractivity contribution >= 4 is 23.3 Å². The van der Waals surface area contributed by atoms with E-state index in [1.807, 2.05) is 0 Å². The van der Waals surface area contributed by atoms with Gasteiger partial charge in [0.05, 0.1) is 29.1 Å². The Balaban J connectivity index is 1.63. The Kier molecular flexibility index (Phi) is 4.41. The molecule has 144 valence electrons.